The fourth-order valence-electron chi connectivity index (χ4n) is 2.83. The van der Waals surface area contributed by atoms with Crippen LogP contribution in [-0.4, -0.2) is 45.9 Å². The van der Waals surface area contributed by atoms with Gasteiger partial charge in [-0.05, 0) is 42.5 Å². The number of amides is 1. The normalized spacial score (nSPS) is 10.5. The zero-order valence-corrected chi connectivity index (χ0v) is 16.1. The van der Waals surface area contributed by atoms with Crippen LogP contribution in [0.1, 0.15) is 28.0 Å². The molecule has 0 saturated heterocycles. The molecule has 6 heteroatoms. The summed E-state index contributed by atoms with van der Waals surface area (Å²) in [4.78, 5) is 26.7. The van der Waals surface area contributed by atoms with Gasteiger partial charge < -0.3 is 10.2 Å². The first-order chi connectivity index (χ1) is 13.7. The molecule has 28 heavy (non-hydrogen) atoms. The second kappa shape index (κ2) is 10.2. The number of nitrogens with one attached hydrogen (secondary N) is 1. The van der Waals surface area contributed by atoms with Crippen molar-refractivity contribution in [2.45, 2.75) is 19.3 Å². The van der Waals surface area contributed by atoms with E-state index in [4.69, 9.17) is 0 Å². The van der Waals surface area contributed by atoms with Crippen LogP contribution >= 0.6 is 0 Å². The number of anilines is 1. The summed E-state index contributed by atoms with van der Waals surface area (Å²) in [5, 5.41) is 3.25. The Morgan fingerprint density at radius 1 is 0.964 bits per heavy atom. The summed E-state index contributed by atoms with van der Waals surface area (Å²) in [7, 11) is 1.78. The summed E-state index contributed by atoms with van der Waals surface area (Å²) in [6, 6.07) is 14.3. The highest BCUT2D eigenvalue weighted by Crippen LogP contribution is 2.07. The Morgan fingerprint density at radius 2 is 1.71 bits per heavy atom. The zero-order valence-electron chi connectivity index (χ0n) is 16.1. The maximum atomic E-state index is 12.5. The van der Waals surface area contributed by atoms with Gasteiger partial charge in [0, 0.05) is 32.5 Å². The predicted octanol–water partition coefficient (Wildman–Crippen LogP) is 3.23. The highest BCUT2D eigenvalue weighted by atomic mass is 16.2. The van der Waals surface area contributed by atoms with Gasteiger partial charge in [0.1, 0.15) is 11.5 Å². The van der Waals surface area contributed by atoms with Crippen molar-refractivity contribution in [1.29, 1.82) is 0 Å². The molecule has 1 aromatic carbocycles. The van der Waals surface area contributed by atoms with Gasteiger partial charge in [0.2, 0.25) is 0 Å². The number of nitrogens with zero attached hydrogens (tertiary/aromatic N) is 4. The topological polar surface area (TPSA) is 71.0 Å². The minimum atomic E-state index is -0.128. The molecular formula is C22H25N5O. The van der Waals surface area contributed by atoms with E-state index in [9.17, 15) is 4.79 Å². The van der Waals surface area contributed by atoms with Crippen LogP contribution < -0.4 is 5.32 Å². The summed E-state index contributed by atoms with van der Waals surface area (Å²) in [6.07, 6.45) is 9.46. The third-order valence-corrected chi connectivity index (χ3v) is 4.49. The van der Waals surface area contributed by atoms with E-state index in [1.54, 1.807) is 30.5 Å². The standard InChI is InChI=1S/C22H25N5O/c1-27(15-11-19-9-13-23-14-10-19)22(28)20-16-26-21(17-25-20)24-12-5-8-18-6-3-2-4-7-18/h2-4,6-7,9-10,13-14,16-17H,5,8,11-12,15H2,1H3,(H,24,26). The summed E-state index contributed by atoms with van der Waals surface area (Å²) < 4.78 is 0. The number of carbonyl (C=O) groups is 1. The third-order valence-electron chi connectivity index (χ3n) is 4.49. The number of rotatable bonds is 9. The molecular weight excluding hydrogens is 350 g/mol. The summed E-state index contributed by atoms with van der Waals surface area (Å²) in [5.41, 5.74) is 2.83. The first kappa shape index (κ1) is 19.5. The maximum Gasteiger partial charge on any atom is 0.273 e. The van der Waals surface area contributed by atoms with E-state index in [1.165, 1.54) is 11.8 Å². The van der Waals surface area contributed by atoms with Gasteiger partial charge in [0.15, 0.2) is 0 Å². The number of aromatic nitrogens is 3. The second-order valence-corrected chi connectivity index (χ2v) is 6.63. The fraction of sp³-hybridized carbons (Fsp3) is 0.273. The van der Waals surface area contributed by atoms with E-state index in [0.717, 1.165) is 31.4 Å². The van der Waals surface area contributed by atoms with Crippen LogP contribution in [-0.2, 0) is 12.8 Å². The minimum absolute atomic E-state index is 0.128. The molecule has 0 unspecified atom stereocenters. The molecule has 1 amide bonds. The number of hydrogen-bond acceptors (Lipinski definition) is 5. The average molecular weight is 375 g/mol. The minimum Gasteiger partial charge on any atom is -0.369 e. The van der Waals surface area contributed by atoms with E-state index in [-0.39, 0.29) is 5.91 Å². The average Bonchev–Trinajstić information content (AvgIpc) is 2.76. The Labute approximate surface area is 165 Å². The van der Waals surface area contributed by atoms with Gasteiger partial charge >= 0.3 is 0 Å². The molecule has 0 aliphatic rings. The van der Waals surface area contributed by atoms with Crippen LogP contribution in [0.3, 0.4) is 0 Å². The van der Waals surface area contributed by atoms with Gasteiger partial charge in [-0.2, -0.15) is 0 Å². The SMILES string of the molecule is CN(CCc1ccncc1)C(=O)c1cnc(NCCCc2ccccc2)cn1. The lowest BCUT2D eigenvalue weighted by Crippen LogP contribution is -2.29. The molecule has 6 nitrogen and oxygen atoms in total. The van der Waals surface area contributed by atoms with Crippen molar-refractivity contribution in [2.24, 2.45) is 0 Å². The Kier molecular flexibility index (Phi) is 7.07. The molecule has 0 aliphatic heterocycles. The van der Waals surface area contributed by atoms with E-state index < -0.39 is 0 Å². The molecule has 0 saturated carbocycles. The van der Waals surface area contributed by atoms with Crippen LogP contribution in [0.25, 0.3) is 0 Å². The van der Waals surface area contributed by atoms with E-state index in [0.29, 0.717) is 18.1 Å². The monoisotopic (exact) mass is 375 g/mol. The van der Waals surface area contributed by atoms with Crippen molar-refractivity contribution >= 4 is 11.7 Å². The van der Waals surface area contributed by atoms with Gasteiger partial charge in [-0.3, -0.25) is 9.78 Å². The molecule has 1 N–H and O–H groups in total. The van der Waals surface area contributed by atoms with Gasteiger partial charge in [0.25, 0.3) is 5.91 Å². The Hall–Kier alpha value is -3.28. The molecule has 3 rings (SSSR count). The van der Waals surface area contributed by atoms with Gasteiger partial charge in [-0.1, -0.05) is 30.3 Å². The first-order valence-electron chi connectivity index (χ1n) is 9.46. The first-order valence-corrected chi connectivity index (χ1v) is 9.46. The Morgan fingerprint density at radius 3 is 2.43 bits per heavy atom. The van der Waals surface area contributed by atoms with E-state index >= 15 is 0 Å². The van der Waals surface area contributed by atoms with Crippen LogP contribution in [0.15, 0.2) is 67.3 Å². The van der Waals surface area contributed by atoms with Crippen LogP contribution in [0, 0.1) is 0 Å². The lowest BCUT2D eigenvalue weighted by Gasteiger charge is -2.16. The number of benzene rings is 1. The van der Waals surface area contributed by atoms with Crippen molar-refractivity contribution in [1.82, 2.24) is 19.9 Å². The number of likely N-dealkylation sites (N-methyl/N-ethyl adjacent to an activating group) is 1. The summed E-state index contributed by atoms with van der Waals surface area (Å²) in [6.45, 7) is 1.42. The Bertz CT molecular complexity index is 853. The van der Waals surface area contributed by atoms with Gasteiger partial charge in [0.05, 0.1) is 12.4 Å². The molecule has 0 bridgehead atoms. The predicted molar refractivity (Wildman–Crippen MR) is 110 cm³/mol. The van der Waals surface area contributed by atoms with Crippen LogP contribution in [0.4, 0.5) is 5.82 Å². The molecule has 2 heterocycles. The lowest BCUT2D eigenvalue weighted by molar-refractivity contribution is 0.0790. The van der Waals surface area contributed by atoms with E-state index in [1.807, 2.05) is 18.2 Å². The van der Waals surface area contributed by atoms with Crippen molar-refractivity contribution < 1.29 is 4.79 Å². The quantitative estimate of drug-likeness (QED) is 0.582. The summed E-state index contributed by atoms with van der Waals surface area (Å²) in [5.74, 6) is 0.557. The maximum absolute atomic E-state index is 12.5. The van der Waals surface area contributed by atoms with Gasteiger partial charge in [-0.15, -0.1) is 0 Å². The highest BCUT2D eigenvalue weighted by molar-refractivity contribution is 5.91. The second-order valence-electron chi connectivity index (χ2n) is 6.63. The highest BCUT2D eigenvalue weighted by Gasteiger charge is 2.13. The van der Waals surface area contributed by atoms with Gasteiger partial charge in [-0.25, -0.2) is 9.97 Å². The molecule has 144 valence electrons. The zero-order chi connectivity index (χ0) is 19.6. The third kappa shape index (κ3) is 5.87. The van der Waals surface area contributed by atoms with Crippen molar-refractivity contribution in [3.05, 3.63) is 84.1 Å². The number of carbonyl (C=O) groups excluding carboxylic acids is 1. The van der Waals surface area contributed by atoms with Crippen molar-refractivity contribution in [3.63, 3.8) is 0 Å². The number of aryl methyl sites for hydroxylation is 1. The molecule has 0 spiro atoms. The smallest absolute Gasteiger partial charge is 0.273 e. The Balaban J connectivity index is 1.43. The number of pyridine rings is 1. The molecule has 0 radical (unpaired) electrons. The van der Waals surface area contributed by atoms with Crippen LogP contribution in [0.5, 0.6) is 0 Å². The summed E-state index contributed by atoms with van der Waals surface area (Å²) >= 11 is 0. The molecule has 3 aromatic rings. The van der Waals surface area contributed by atoms with E-state index in [2.05, 4.69) is 44.5 Å². The number of hydrogen-bond donors (Lipinski definition) is 1. The molecule has 0 aliphatic carbocycles. The van der Waals surface area contributed by atoms with Crippen LogP contribution in [0.2, 0.25) is 0 Å². The lowest BCUT2D eigenvalue weighted by atomic mass is 10.1. The largest absolute Gasteiger partial charge is 0.369 e. The molecule has 0 fully saturated rings. The molecule has 0 atom stereocenters. The molecule has 2 aromatic heterocycles. The fourth-order valence-corrected chi connectivity index (χ4v) is 2.83. The van der Waals surface area contributed by atoms with Crippen molar-refractivity contribution in [2.75, 3.05) is 25.5 Å². The van der Waals surface area contributed by atoms with Crippen molar-refractivity contribution in [3.8, 4) is 0 Å².